The zero-order chi connectivity index (χ0) is 13.6. The topological polar surface area (TPSA) is 53.3 Å². The number of hydrogen-bond acceptors (Lipinski definition) is 3. The second-order valence-electron chi connectivity index (χ2n) is 6.60. The number of carbonyl (C=O) groups is 1. The summed E-state index contributed by atoms with van der Waals surface area (Å²) in [5, 5.41) is 9.45. The molecule has 0 spiro atoms. The highest BCUT2D eigenvalue weighted by atomic mass is 16.5. The molecule has 0 aromatic rings. The van der Waals surface area contributed by atoms with Crippen LogP contribution in [0.25, 0.3) is 0 Å². The molecule has 4 heteroatoms. The molecule has 1 amide bonds. The predicted molar refractivity (Wildman–Crippen MR) is 64.9 cm³/mol. The van der Waals surface area contributed by atoms with Crippen LogP contribution in [0, 0.1) is 22.2 Å². The molecule has 4 nitrogen and oxygen atoms in total. The average Bonchev–Trinajstić information content (AvgIpc) is 2.10. The van der Waals surface area contributed by atoms with Crippen LogP contribution in [0.15, 0.2) is 0 Å². The van der Waals surface area contributed by atoms with E-state index >= 15 is 0 Å². The smallest absolute Gasteiger partial charge is 0.250 e. The molecule has 1 saturated heterocycles. The van der Waals surface area contributed by atoms with Crippen molar-refractivity contribution in [1.82, 2.24) is 4.90 Å². The monoisotopic (exact) mass is 238 g/mol. The first kappa shape index (κ1) is 14.0. The maximum atomic E-state index is 12.4. The summed E-state index contributed by atoms with van der Waals surface area (Å²) < 4.78 is 5.41. The largest absolute Gasteiger partial charge is 0.359 e. The Balaban J connectivity index is 3.24. The SMILES string of the molecule is COC1N(C(C)(C)C)C(=O)C1(C#N)C(C)(C)C. The standard InChI is InChI=1S/C13H22N2O2/c1-11(2,3)13(8-14)9(16)15(10(13)17-7)12(4,5)6/h10H,1-7H3. The molecule has 1 aliphatic heterocycles. The Bertz CT molecular complexity index is 370. The minimum absolute atomic E-state index is 0.133. The average molecular weight is 238 g/mol. The maximum absolute atomic E-state index is 12.4. The van der Waals surface area contributed by atoms with Gasteiger partial charge in [-0.25, -0.2) is 0 Å². The fourth-order valence-electron chi connectivity index (χ4n) is 2.43. The van der Waals surface area contributed by atoms with Gasteiger partial charge in [0.2, 0.25) is 0 Å². The molecule has 1 fully saturated rings. The fourth-order valence-corrected chi connectivity index (χ4v) is 2.43. The lowest BCUT2D eigenvalue weighted by molar-refractivity contribution is -0.237. The first-order chi connectivity index (χ1) is 7.54. The number of methoxy groups -OCH3 is 1. The van der Waals surface area contributed by atoms with E-state index in [1.807, 2.05) is 41.5 Å². The minimum Gasteiger partial charge on any atom is -0.359 e. The van der Waals surface area contributed by atoms with E-state index < -0.39 is 17.1 Å². The number of nitrogens with zero attached hydrogens (tertiary/aromatic N) is 2. The Morgan fingerprint density at radius 3 is 2.00 bits per heavy atom. The van der Waals surface area contributed by atoms with Crippen molar-refractivity contribution in [1.29, 1.82) is 5.26 Å². The van der Waals surface area contributed by atoms with Crippen molar-refractivity contribution < 1.29 is 9.53 Å². The van der Waals surface area contributed by atoms with Gasteiger partial charge in [0.05, 0.1) is 6.07 Å². The van der Waals surface area contributed by atoms with Crippen LogP contribution in [0.5, 0.6) is 0 Å². The van der Waals surface area contributed by atoms with E-state index in [1.165, 1.54) is 0 Å². The summed E-state index contributed by atoms with van der Waals surface area (Å²) in [6.45, 7) is 11.5. The number of ether oxygens (including phenoxy) is 1. The highest BCUT2D eigenvalue weighted by Crippen LogP contribution is 2.54. The van der Waals surface area contributed by atoms with Crippen LogP contribution >= 0.6 is 0 Å². The third-order valence-electron chi connectivity index (χ3n) is 3.47. The zero-order valence-corrected chi connectivity index (χ0v) is 11.8. The van der Waals surface area contributed by atoms with E-state index in [0.717, 1.165) is 0 Å². The molecular weight excluding hydrogens is 216 g/mol. The summed E-state index contributed by atoms with van der Waals surface area (Å²) in [6, 6.07) is 2.19. The Labute approximate surface area is 104 Å². The summed E-state index contributed by atoms with van der Waals surface area (Å²) in [4.78, 5) is 14.1. The number of nitriles is 1. The van der Waals surface area contributed by atoms with Gasteiger partial charge in [-0.2, -0.15) is 5.26 Å². The molecular formula is C13H22N2O2. The van der Waals surface area contributed by atoms with Gasteiger partial charge in [-0.3, -0.25) is 4.79 Å². The van der Waals surface area contributed by atoms with Gasteiger partial charge in [-0.15, -0.1) is 0 Å². The summed E-state index contributed by atoms with van der Waals surface area (Å²) in [5.74, 6) is -0.133. The Kier molecular flexibility index (Phi) is 3.05. The van der Waals surface area contributed by atoms with Crippen LogP contribution in [-0.4, -0.2) is 29.7 Å². The number of likely N-dealkylation sites (tertiary alicyclic amines) is 1. The van der Waals surface area contributed by atoms with Crippen LogP contribution in [-0.2, 0) is 9.53 Å². The maximum Gasteiger partial charge on any atom is 0.250 e. The molecule has 0 saturated carbocycles. The summed E-state index contributed by atoms with van der Waals surface area (Å²) in [7, 11) is 1.55. The Morgan fingerprint density at radius 2 is 1.76 bits per heavy atom. The summed E-state index contributed by atoms with van der Waals surface area (Å²) in [6.07, 6.45) is -0.472. The Morgan fingerprint density at radius 1 is 1.29 bits per heavy atom. The van der Waals surface area contributed by atoms with Gasteiger partial charge >= 0.3 is 0 Å². The summed E-state index contributed by atoms with van der Waals surface area (Å²) >= 11 is 0. The third-order valence-corrected chi connectivity index (χ3v) is 3.47. The van der Waals surface area contributed by atoms with E-state index in [9.17, 15) is 10.1 Å². The zero-order valence-electron chi connectivity index (χ0n) is 11.8. The molecule has 0 aromatic carbocycles. The van der Waals surface area contributed by atoms with E-state index in [1.54, 1.807) is 12.0 Å². The van der Waals surface area contributed by atoms with E-state index in [4.69, 9.17) is 4.74 Å². The van der Waals surface area contributed by atoms with E-state index in [-0.39, 0.29) is 11.4 Å². The molecule has 2 unspecified atom stereocenters. The van der Waals surface area contributed by atoms with Crippen molar-refractivity contribution in [3.05, 3.63) is 0 Å². The molecule has 96 valence electrons. The molecule has 0 bridgehead atoms. The molecule has 17 heavy (non-hydrogen) atoms. The quantitative estimate of drug-likeness (QED) is 0.658. The van der Waals surface area contributed by atoms with Crippen molar-refractivity contribution in [2.24, 2.45) is 10.8 Å². The number of rotatable bonds is 1. The number of carbonyl (C=O) groups excluding carboxylic acids is 1. The highest BCUT2D eigenvalue weighted by molar-refractivity contribution is 5.94. The molecule has 1 aliphatic rings. The molecule has 0 aliphatic carbocycles. The number of hydrogen-bond donors (Lipinski definition) is 0. The predicted octanol–water partition coefficient (Wildman–Crippen LogP) is 2.16. The lowest BCUT2D eigenvalue weighted by Crippen LogP contribution is -2.77. The van der Waals surface area contributed by atoms with Crippen molar-refractivity contribution in [3.63, 3.8) is 0 Å². The molecule has 2 atom stereocenters. The van der Waals surface area contributed by atoms with Gasteiger partial charge in [0.15, 0.2) is 11.6 Å². The lowest BCUT2D eigenvalue weighted by Gasteiger charge is -2.60. The second-order valence-corrected chi connectivity index (χ2v) is 6.60. The van der Waals surface area contributed by atoms with Crippen LogP contribution in [0.3, 0.4) is 0 Å². The van der Waals surface area contributed by atoms with Crippen molar-refractivity contribution in [2.75, 3.05) is 7.11 Å². The van der Waals surface area contributed by atoms with Gasteiger partial charge in [0, 0.05) is 12.6 Å². The molecule has 0 aromatic heterocycles. The van der Waals surface area contributed by atoms with Crippen molar-refractivity contribution in [3.8, 4) is 6.07 Å². The van der Waals surface area contributed by atoms with Gasteiger partial charge in [-0.05, 0) is 26.2 Å². The van der Waals surface area contributed by atoms with Gasteiger partial charge in [-0.1, -0.05) is 20.8 Å². The van der Waals surface area contributed by atoms with Crippen LogP contribution < -0.4 is 0 Å². The fraction of sp³-hybridized carbons (Fsp3) is 0.846. The van der Waals surface area contributed by atoms with Crippen LogP contribution in [0.1, 0.15) is 41.5 Å². The first-order valence-corrected chi connectivity index (χ1v) is 5.82. The van der Waals surface area contributed by atoms with Gasteiger partial charge < -0.3 is 9.64 Å². The summed E-state index contributed by atoms with van der Waals surface area (Å²) in [5.41, 5.74) is -1.85. The van der Waals surface area contributed by atoms with E-state index in [2.05, 4.69) is 6.07 Å². The van der Waals surface area contributed by atoms with Crippen molar-refractivity contribution in [2.45, 2.75) is 53.3 Å². The molecule has 0 N–H and O–H groups in total. The molecule has 1 heterocycles. The third kappa shape index (κ3) is 1.64. The van der Waals surface area contributed by atoms with Crippen LogP contribution in [0.4, 0.5) is 0 Å². The lowest BCUT2D eigenvalue weighted by atomic mass is 9.59. The number of amides is 1. The van der Waals surface area contributed by atoms with Gasteiger partial charge in [0.1, 0.15) is 0 Å². The normalized spacial score (nSPS) is 29.9. The minimum atomic E-state index is -1.07. The second kappa shape index (κ2) is 3.71. The van der Waals surface area contributed by atoms with Crippen molar-refractivity contribution >= 4 is 5.91 Å². The molecule has 0 radical (unpaired) electrons. The number of β-lactam (4-membered cyclic amide) rings is 1. The first-order valence-electron chi connectivity index (χ1n) is 5.82. The van der Waals surface area contributed by atoms with Gasteiger partial charge in [0.25, 0.3) is 5.91 Å². The van der Waals surface area contributed by atoms with E-state index in [0.29, 0.717) is 0 Å². The van der Waals surface area contributed by atoms with Crippen LogP contribution in [0.2, 0.25) is 0 Å². The Hall–Kier alpha value is -1.08. The highest BCUT2D eigenvalue weighted by Gasteiger charge is 2.69. The molecule has 1 rings (SSSR count).